The van der Waals surface area contributed by atoms with Crippen molar-refractivity contribution in [2.45, 2.75) is 77.5 Å². The van der Waals surface area contributed by atoms with E-state index in [1.165, 1.54) is 38.5 Å². The van der Waals surface area contributed by atoms with E-state index in [9.17, 15) is 9.59 Å². The molecule has 1 amide bonds. The second kappa shape index (κ2) is 13.4. The van der Waals surface area contributed by atoms with Crippen molar-refractivity contribution >= 4 is 11.9 Å². The molecule has 0 aliphatic heterocycles. The Hall–Kier alpha value is -1.06. The smallest absolute Gasteiger partial charge is 0.322 e. The molecule has 0 spiro atoms. The molecule has 2 N–H and O–H groups in total. The van der Waals surface area contributed by atoms with Gasteiger partial charge in [0.1, 0.15) is 6.54 Å². The molecule has 112 valence electrons. The number of carboxylic acid groups (broad SMARTS) is 1. The van der Waals surface area contributed by atoms with E-state index in [2.05, 4.69) is 5.32 Å². The van der Waals surface area contributed by atoms with E-state index < -0.39 is 5.97 Å². The van der Waals surface area contributed by atoms with Crippen LogP contribution >= 0.6 is 0 Å². The summed E-state index contributed by atoms with van der Waals surface area (Å²) in [5.74, 6) is -1.16. The van der Waals surface area contributed by atoms with Gasteiger partial charge in [0, 0.05) is 7.79 Å². The van der Waals surface area contributed by atoms with Gasteiger partial charge < -0.3 is 10.4 Å². The molecule has 0 aliphatic carbocycles. The predicted octanol–water partition coefficient (Wildman–Crippen LogP) is 3.50. The highest BCUT2D eigenvalue weighted by Gasteiger charge is 2.02. The molecule has 0 saturated carbocycles. The standard InChI is InChI=1S/C15H29NO3/c1-2-3-4-5-6-7-8-9-10-11-12-14(17)16-13-15(18)19/h2-13H2,1H3,(H,16,17)(H,18,19)/i1D. The van der Waals surface area contributed by atoms with Gasteiger partial charge in [-0.1, -0.05) is 64.7 Å². The number of rotatable bonds is 13. The van der Waals surface area contributed by atoms with Gasteiger partial charge in [-0.15, -0.1) is 0 Å². The highest BCUT2D eigenvalue weighted by atomic mass is 16.4. The Balaban J connectivity index is 3.12. The van der Waals surface area contributed by atoms with E-state index in [4.69, 9.17) is 6.48 Å². The number of unbranched alkanes of at least 4 members (excludes halogenated alkanes) is 9. The van der Waals surface area contributed by atoms with Crippen molar-refractivity contribution in [3.63, 3.8) is 0 Å². The van der Waals surface area contributed by atoms with Crippen LogP contribution in [0.3, 0.4) is 0 Å². The van der Waals surface area contributed by atoms with Gasteiger partial charge in [-0.25, -0.2) is 0 Å². The molecule has 0 saturated heterocycles. The lowest BCUT2D eigenvalue weighted by Crippen LogP contribution is -2.28. The third-order valence-corrected chi connectivity index (χ3v) is 3.09. The lowest BCUT2D eigenvalue weighted by atomic mass is 10.1. The Morgan fingerprint density at radius 3 is 2.00 bits per heavy atom. The van der Waals surface area contributed by atoms with Gasteiger partial charge >= 0.3 is 5.97 Å². The largest absolute Gasteiger partial charge is 0.480 e. The number of carbonyl (C=O) groups is 2. The molecule has 19 heavy (non-hydrogen) atoms. The summed E-state index contributed by atoms with van der Waals surface area (Å²) in [6, 6.07) is 0. The predicted molar refractivity (Wildman–Crippen MR) is 77.1 cm³/mol. The minimum atomic E-state index is -0.999. The van der Waals surface area contributed by atoms with Crippen LogP contribution in [0.15, 0.2) is 0 Å². The summed E-state index contributed by atoms with van der Waals surface area (Å²) < 4.78 is 7.03. The second-order valence-corrected chi connectivity index (χ2v) is 4.96. The first-order valence-electron chi connectivity index (χ1n) is 8.15. The molecule has 0 unspecified atom stereocenters. The number of nitrogens with one attached hydrogen (secondary N) is 1. The maximum absolute atomic E-state index is 11.2. The molecule has 0 aromatic rings. The van der Waals surface area contributed by atoms with Gasteiger partial charge in [0.25, 0.3) is 0 Å². The summed E-state index contributed by atoms with van der Waals surface area (Å²) >= 11 is 0. The first-order chi connectivity index (χ1) is 9.66. The van der Waals surface area contributed by atoms with E-state index in [0.717, 1.165) is 25.7 Å². The fourth-order valence-electron chi connectivity index (χ4n) is 1.96. The van der Waals surface area contributed by atoms with Crippen molar-refractivity contribution in [3.05, 3.63) is 0 Å². The number of aliphatic carboxylic acids is 1. The van der Waals surface area contributed by atoms with Crippen LogP contribution < -0.4 is 5.32 Å². The number of hydrogen-bond donors (Lipinski definition) is 2. The lowest BCUT2D eigenvalue weighted by Gasteiger charge is -2.03. The number of hydrogen-bond acceptors (Lipinski definition) is 2. The molecule has 4 heteroatoms. The average molecular weight is 272 g/mol. The van der Waals surface area contributed by atoms with Crippen LogP contribution in [0.1, 0.15) is 78.9 Å². The zero-order valence-corrected chi connectivity index (χ0v) is 12.0. The van der Waals surface area contributed by atoms with E-state index in [1.54, 1.807) is 0 Å². The van der Waals surface area contributed by atoms with Gasteiger partial charge in [-0.05, 0) is 6.42 Å². The first kappa shape index (κ1) is 16.0. The third kappa shape index (κ3) is 14.9. The zero-order valence-electron chi connectivity index (χ0n) is 13.0. The van der Waals surface area contributed by atoms with Crippen LogP contribution in [-0.2, 0) is 9.59 Å². The Morgan fingerprint density at radius 1 is 0.947 bits per heavy atom. The molecule has 0 heterocycles. The summed E-state index contributed by atoms with van der Waals surface area (Å²) in [6.45, 7) is 0.277. The lowest BCUT2D eigenvalue weighted by molar-refractivity contribution is -0.137. The average Bonchev–Trinajstić information content (AvgIpc) is 2.42. The maximum atomic E-state index is 11.2. The minimum Gasteiger partial charge on any atom is -0.480 e. The minimum absolute atomic E-state index is 0.165. The molecule has 0 aromatic carbocycles. The Kier molecular flexibility index (Phi) is 11.3. The van der Waals surface area contributed by atoms with Crippen molar-refractivity contribution in [2.75, 3.05) is 6.54 Å². The van der Waals surface area contributed by atoms with Crippen LogP contribution in [0, 0.1) is 0 Å². The first-order valence-corrected chi connectivity index (χ1v) is 7.44. The van der Waals surface area contributed by atoms with Gasteiger partial charge in [0.05, 0.1) is 0 Å². The fraction of sp³-hybridized carbons (Fsp3) is 0.867. The van der Waals surface area contributed by atoms with Crippen molar-refractivity contribution in [1.29, 1.82) is 0 Å². The molecule has 0 fully saturated rings. The quantitative estimate of drug-likeness (QED) is 0.504. The van der Waals surface area contributed by atoms with Gasteiger partial charge in [0.15, 0.2) is 0 Å². The summed E-state index contributed by atoms with van der Waals surface area (Å²) in [6.07, 6.45) is 12.0. The van der Waals surface area contributed by atoms with E-state index in [0.29, 0.717) is 13.3 Å². The van der Waals surface area contributed by atoms with Crippen LogP contribution in [-0.4, -0.2) is 23.5 Å². The topological polar surface area (TPSA) is 66.4 Å². The van der Waals surface area contributed by atoms with Gasteiger partial charge in [-0.2, -0.15) is 0 Å². The molecular formula is C15H29NO3. The second-order valence-electron chi connectivity index (χ2n) is 4.96. The molecule has 4 nitrogen and oxygen atoms in total. The van der Waals surface area contributed by atoms with Crippen LogP contribution in [0.5, 0.6) is 0 Å². The third-order valence-electron chi connectivity index (χ3n) is 3.09. The van der Waals surface area contributed by atoms with Crippen LogP contribution in [0.2, 0.25) is 0 Å². The fourth-order valence-corrected chi connectivity index (χ4v) is 1.96. The van der Waals surface area contributed by atoms with Crippen molar-refractivity contribution in [2.24, 2.45) is 0 Å². The Labute approximate surface area is 118 Å². The summed E-state index contributed by atoms with van der Waals surface area (Å²) in [4.78, 5) is 21.5. The maximum Gasteiger partial charge on any atom is 0.322 e. The zero-order chi connectivity index (χ0) is 15.1. The monoisotopic (exact) mass is 272 g/mol. The van der Waals surface area contributed by atoms with Crippen LogP contribution in [0.4, 0.5) is 0 Å². The summed E-state index contributed by atoms with van der Waals surface area (Å²) in [5, 5.41) is 10.8. The number of amides is 1. The van der Waals surface area contributed by atoms with Crippen LogP contribution in [0.25, 0.3) is 0 Å². The van der Waals surface area contributed by atoms with Crippen molar-refractivity contribution < 1.29 is 16.1 Å². The van der Waals surface area contributed by atoms with Gasteiger partial charge in [-0.3, -0.25) is 9.59 Å². The molecule has 0 atom stereocenters. The SMILES string of the molecule is [2H]CCCCCCCCCCCCC(=O)NCC(=O)O. The molecule has 0 aliphatic rings. The molecule has 0 bridgehead atoms. The number of carbonyl (C=O) groups excluding carboxylic acids is 1. The molecule has 0 radical (unpaired) electrons. The summed E-state index contributed by atoms with van der Waals surface area (Å²) in [5.41, 5.74) is 0. The highest BCUT2D eigenvalue weighted by Crippen LogP contribution is 2.11. The van der Waals surface area contributed by atoms with E-state index in [1.807, 2.05) is 0 Å². The Morgan fingerprint density at radius 2 is 1.47 bits per heavy atom. The molecular weight excluding hydrogens is 242 g/mol. The summed E-state index contributed by atoms with van der Waals surface area (Å²) in [7, 11) is 0. The van der Waals surface area contributed by atoms with Crippen molar-refractivity contribution in [3.8, 4) is 0 Å². The molecule has 0 aromatic heterocycles. The molecule has 0 rings (SSSR count). The van der Waals surface area contributed by atoms with E-state index >= 15 is 0 Å². The Bertz CT molecular complexity index is 260. The van der Waals surface area contributed by atoms with Gasteiger partial charge in [0.2, 0.25) is 5.91 Å². The highest BCUT2D eigenvalue weighted by molar-refractivity contribution is 5.80. The van der Waals surface area contributed by atoms with Crippen molar-refractivity contribution in [1.82, 2.24) is 5.32 Å². The normalized spacial score (nSPS) is 11.1. The number of carboxylic acids is 1. The van der Waals surface area contributed by atoms with E-state index in [-0.39, 0.29) is 12.5 Å².